The molecule has 1 amide bonds. The summed E-state index contributed by atoms with van der Waals surface area (Å²) in [7, 11) is 1.39. The van der Waals surface area contributed by atoms with E-state index in [1.54, 1.807) is 6.07 Å². The molecule has 0 heterocycles. The van der Waals surface area contributed by atoms with Crippen LogP contribution in [0.15, 0.2) is 18.2 Å². The minimum absolute atomic E-state index is 0.0829. The SMILES string of the molecule is COc1cccc(F)c1C(=O)NCCOCCBr. The Kier molecular flexibility index (Phi) is 6.67. The third kappa shape index (κ3) is 4.27. The first-order chi connectivity index (χ1) is 8.70. The molecular weight excluding hydrogens is 305 g/mol. The molecule has 6 heteroatoms. The standard InChI is InChI=1S/C12H15BrFNO3/c1-17-10-4-2-3-9(14)11(10)12(16)15-6-8-18-7-5-13/h2-4H,5-8H2,1H3,(H,15,16). The van der Waals surface area contributed by atoms with Gasteiger partial charge < -0.3 is 14.8 Å². The Morgan fingerprint density at radius 3 is 2.89 bits per heavy atom. The maximum atomic E-state index is 13.5. The van der Waals surface area contributed by atoms with Gasteiger partial charge in [-0.25, -0.2) is 4.39 Å². The quantitative estimate of drug-likeness (QED) is 0.617. The second-order valence-corrected chi connectivity index (χ2v) is 4.17. The summed E-state index contributed by atoms with van der Waals surface area (Å²) in [5, 5.41) is 3.31. The van der Waals surface area contributed by atoms with Gasteiger partial charge in [0.05, 0.1) is 20.3 Å². The molecule has 0 atom stereocenters. The Bertz CT molecular complexity index is 401. The third-order valence-electron chi connectivity index (χ3n) is 2.18. The van der Waals surface area contributed by atoms with E-state index in [1.807, 2.05) is 0 Å². The molecule has 0 fully saturated rings. The molecule has 0 aliphatic carbocycles. The molecule has 0 radical (unpaired) electrons. The minimum atomic E-state index is -0.603. The Balaban J connectivity index is 2.56. The normalized spacial score (nSPS) is 10.2. The number of amides is 1. The molecule has 0 spiro atoms. The zero-order valence-electron chi connectivity index (χ0n) is 10.0. The summed E-state index contributed by atoms with van der Waals surface area (Å²) in [5.74, 6) is -0.894. The number of carbonyl (C=O) groups excluding carboxylic acids is 1. The second kappa shape index (κ2) is 8.05. The maximum absolute atomic E-state index is 13.5. The number of methoxy groups -OCH3 is 1. The summed E-state index contributed by atoms with van der Waals surface area (Å²) < 4.78 is 23.7. The van der Waals surface area contributed by atoms with Gasteiger partial charge in [0.15, 0.2) is 0 Å². The number of benzene rings is 1. The van der Waals surface area contributed by atoms with Gasteiger partial charge in [0.1, 0.15) is 17.1 Å². The van der Waals surface area contributed by atoms with Gasteiger partial charge in [-0.1, -0.05) is 22.0 Å². The van der Waals surface area contributed by atoms with Crippen LogP contribution < -0.4 is 10.1 Å². The first-order valence-corrected chi connectivity index (χ1v) is 6.57. The number of carbonyl (C=O) groups is 1. The van der Waals surface area contributed by atoms with Crippen molar-refractivity contribution in [1.82, 2.24) is 5.32 Å². The highest BCUT2D eigenvalue weighted by atomic mass is 79.9. The summed E-state index contributed by atoms with van der Waals surface area (Å²) >= 11 is 3.22. The largest absolute Gasteiger partial charge is 0.496 e. The molecule has 0 aliphatic heterocycles. The van der Waals surface area contributed by atoms with Gasteiger partial charge in [-0.3, -0.25) is 4.79 Å². The lowest BCUT2D eigenvalue weighted by atomic mass is 10.1. The van der Waals surface area contributed by atoms with Gasteiger partial charge in [-0.2, -0.15) is 0 Å². The maximum Gasteiger partial charge on any atom is 0.258 e. The van der Waals surface area contributed by atoms with Crippen LogP contribution in [0.1, 0.15) is 10.4 Å². The molecule has 0 aromatic heterocycles. The highest BCUT2D eigenvalue weighted by Gasteiger charge is 2.16. The molecule has 0 aliphatic rings. The lowest BCUT2D eigenvalue weighted by molar-refractivity contribution is 0.0917. The van der Waals surface area contributed by atoms with Crippen LogP contribution in [0.5, 0.6) is 5.75 Å². The fourth-order valence-corrected chi connectivity index (χ4v) is 1.61. The van der Waals surface area contributed by atoms with E-state index in [1.165, 1.54) is 19.2 Å². The van der Waals surface area contributed by atoms with Crippen LogP contribution >= 0.6 is 15.9 Å². The van der Waals surface area contributed by atoms with Gasteiger partial charge >= 0.3 is 0 Å². The Morgan fingerprint density at radius 1 is 1.44 bits per heavy atom. The first kappa shape index (κ1) is 14.9. The molecular formula is C12H15BrFNO3. The smallest absolute Gasteiger partial charge is 0.258 e. The number of rotatable bonds is 7. The first-order valence-electron chi connectivity index (χ1n) is 5.45. The minimum Gasteiger partial charge on any atom is -0.496 e. The zero-order valence-corrected chi connectivity index (χ0v) is 11.6. The molecule has 100 valence electrons. The number of alkyl halides is 1. The molecule has 1 N–H and O–H groups in total. The number of nitrogens with one attached hydrogen (secondary N) is 1. The van der Waals surface area contributed by atoms with Crippen molar-refractivity contribution in [2.75, 3.05) is 32.2 Å². The van der Waals surface area contributed by atoms with E-state index in [9.17, 15) is 9.18 Å². The van der Waals surface area contributed by atoms with Crippen molar-refractivity contribution in [2.45, 2.75) is 0 Å². The monoisotopic (exact) mass is 319 g/mol. The van der Waals surface area contributed by atoms with E-state index in [2.05, 4.69) is 21.2 Å². The Labute approximate surface area is 114 Å². The van der Waals surface area contributed by atoms with Crippen LogP contribution in [-0.2, 0) is 4.74 Å². The molecule has 0 unspecified atom stereocenters. The summed E-state index contributed by atoms with van der Waals surface area (Å²) in [6, 6.07) is 4.25. The van der Waals surface area contributed by atoms with Gasteiger partial charge in [0.2, 0.25) is 0 Å². The van der Waals surface area contributed by atoms with Crippen molar-refractivity contribution in [3.8, 4) is 5.75 Å². The van der Waals surface area contributed by atoms with Gasteiger partial charge in [0.25, 0.3) is 5.91 Å². The summed E-state index contributed by atoms with van der Waals surface area (Å²) in [6.07, 6.45) is 0. The molecule has 1 rings (SSSR count). The van der Waals surface area contributed by atoms with Crippen LogP contribution in [0.2, 0.25) is 0 Å². The topological polar surface area (TPSA) is 47.6 Å². The van der Waals surface area contributed by atoms with Gasteiger partial charge in [-0.15, -0.1) is 0 Å². The Hall–Kier alpha value is -1.14. The highest BCUT2D eigenvalue weighted by molar-refractivity contribution is 9.09. The fourth-order valence-electron chi connectivity index (χ4n) is 1.38. The van der Waals surface area contributed by atoms with Crippen LogP contribution in [0.3, 0.4) is 0 Å². The average molecular weight is 320 g/mol. The zero-order chi connectivity index (χ0) is 13.4. The van der Waals surface area contributed by atoms with E-state index < -0.39 is 11.7 Å². The lowest BCUT2D eigenvalue weighted by Gasteiger charge is -2.10. The predicted octanol–water partition coefficient (Wildman–Crippen LogP) is 1.98. The number of ether oxygens (including phenoxy) is 2. The molecule has 1 aromatic carbocycles. The van der Waals surface area contributed by atoms with Gasteiger partial charge in [-0.05, 0) is 12.1 Å². The summed E-state index contributed by atoms with van der Waals surface area (Å²) in [5.41, 5.74) is -0.0829. The predicted molar refractivity (Wildman–Crippen MR) is 69.9 cm³/mol. The molecule has 1 aromatic rings. The number of halogens is 2. The second-order valence-electron chi connectivity index (χ2n) is 3.37. The van der Waals surface area contributed by atoms with Crippen molar-refractivity contribution >= 4 is 21.8 Å². The number of hydrogen-bond donors (Lipinski definition) is 1. The van der Waals surface area contributed by atoms with E-state index in [0.717, 1.165) is 5.33 Å². The average Bonchev–Trinajstić information content (AvgIpc) is 2.37. The Morgan fingerprint density at radius 2 is 2.22 bits per heavy atom. The fraction of sp³-hybridized carbons (Fsp3) is 0.417. The van der Waals surface area contributed by atoms with Gasteiger partial charge in [0, 0.05) is 11.9 Å². The van der Waals surface area contributed by atoms with E-state index in [0.29, 0.717) is 19.8 Å². The molecule has 18 heavy (non-hydrogen) atoms. The molecule has 4 nitrogen and oxygen atoms in total. The van der Waals surface area contributed by atoms with Crippen molar-refractivity contribution in [3.63, 3.8) is 0 Å². The van der Waals surface area contributed by atoms with Crippen molar-refractivity contribution in [3.05, 3.63) is 29.6 Å². The molecule has 0 saturated heterocycles. The van der Waals surface area contributed by atoms with Crippen molar-refractivity contribution in [2.24, 2.45) is 0 Å². The summed E-state index contributed by atoms with van der Waals surface area (Å²) in [4.78, 5) is 11.8. The van der Waals surface area contributed by atoms with Crippen molar-refractivity contribution in [1.29, 1.82) is 0 Å². The molecule has 0 saturated carbocycles. The van der Waals surface area contributed by atoms with Crippen LogP contribution in [0.25, 0.3) is 0 Å². The number of hydrogen-bond acceptors (Lipinski definition) is 3. The van der Waals surface area contributed by atoms with E-state index in [-0.39, 0.29) is 11.3 Å². The summed E-state index contributed by atoms with van der Waals surface area (Å²) in [6.45, 7) is 1.27. The third-order valence-corrected chi connectivity index (χ3v) is 2.50. The van der Waals surface area contributed by atoms with E-state index >= 15 is 0 Å². The highest BCUT2D eigenvalue weighted by Crippen LogP contribution is 2.20. The van der Waals surface area contributed by atoms with Crippen LogP contribution in [0, 0.1) is 5.82 Å². The van der Waals surface area contributed by atoms with Crippen LogP contribution in [0.4, 0.5) is 4.39 Å². The lowest BCUT2D eigenvalue weighted by Crippen LogP contribution is -2.28. The molecule has 0 bridgehead atoms. The van der Waals surface area contributed by atoms with Crippen molar-refractivity contribution < 1.29 is 18.7 Å². The van der Waals surface area contributed by atoms with E-state index in [4.69, 9.17) is 9.47 Å². The van der Waals surface area contributed by atoms with Crippen LogP contribution in [-0.4, -0.2) is 38.1 Å².